The summed E-state index contributed by atoms with van der Waals surface area (Å²) < 4.78 is 34.2. The van der Waals surface area contributed by atoms with Crippen molar-refractivity contribution in [3.63, 3.8) is 0 Å². The average Bonchev–Trinajstić information content (AvgIpc) is 3.22. The summed E-state index contributed by atoms with van der Waals surface area (Å²) in [7, 11) is -4.07. The molecule has 1 fully saturated rings. The molecular formula is C20H18N2O8S. The predicted molar refractivity (Wildman–Crippen MR) is 108 cm³/mol. The summed E-state index contributed by atoms with van der Waals surface area (Å²) in [6.07, 6.45) is 1.09. The molecule has 31 heavy (non-hydrogen) atoms. The lowest BCUT2D eigenvalue weighted by atomic mass is 9.93. The van der Waals surface area contributed by atoms with Gasteiger partial charge < -0.3 is 14.9 Å². The predicted octanol–water partition coefficient (Wildman–Crippen LogP) is 1.65. The molecule has 0 amide bonds. The number of aliphatic hydroxyl groups excluding tert-OH is 1. The molecule has 0 aromatic heterocycles. The first kappa shape index (κ1) is 21.0. The van der Waals surface area contributed by atoms with Crippen LogP contribution in [-0.4, -0.2) is 47.8 Å². The number of nitro benzene ring substituents is 1. The molecule has 0 saturated heterocycles. The monoisotopic (exact) mass is 446 g/mol. The standard InChI is InChI=1S/C20H18N2O8S/c23-15-10-16-18(14-3-1-2-11(20(14)30-16)4-9-17(24)25)19(15)21-31(28,29)13-7-5-12(6-8-13)22(26)27/h1-9,15-16,18-19,21,23H,10H2,(H,24,25). The molecule has 2 aromatic rings. The molecule has 0 spiro atoms. The number of benzene rings is 2. The van der Waals surface area contributed by atoms with Crippen LogP contribution in [0.4, 0.5) is 5.69 Å². The molecule has 10 nitrogen and oxygen atoms in total. The summed E-state index contributed by atoms with van der Waals surface area (Å²) in [5, 5.41) is 30.2. The van der Waals surface area contributed by atoms with Crippen molar-refractivity contribution in [2.24, 2.45) is 0 Å². The maximum absolute atomic E-state index is 12.9. The second-order valence-electron chi connectivity index (χ2n) is 7.32. The minimum atomic E-state index is -4.07. The van der Waals surface area contributed by atoms with E-state index in [1.807, 2.05) is 0 Å². The highest BCUT2D eigenvalue weighted by molar-refractivity contribution is 7.89. The highest BCUT2D eigenvalue weighted by Crippen LogP contribution is 2.49. The number of carboxylic acids is 1. The van der Waals surface area contributed by atoms with Crippen molar-refractivity contribution in [3.8, 4) is 5.75 Å². The number of carbonyl (C=O) groups is 1. The molecule has 4 rings (SSSR count). The van der Waals surface area contributed by atoms with Gasteiger partial charge in [0.05, 0.1) is 22.0 Å². The summed E-state index contributed by atoms with van der Waals surface area (Å²) >= 11 is 0. The number of sulfonamides is 1. The lowest BCUT2D eigenvalue weighted by Crippen LogP contribution is -2.43. The number of fused-ring (bicyclic) bond motifs is 3. The van der Waals surface area contributed by atoms with Gasteiger partial charge in [-0.15, -0.1) is 0 Å². The fourth-order valence-electron chi connectivity index (χ4n) is 4.08. The highest BCUT2D eigenvalue weighted by Gasteiger charge is 2.51. The molecule has 4 atom stereocenters. The number of nitrogens with zero attached hydrogens (tertiary/aromatic N) is 1. The Morgan fingerprint density at radius 1 is 1.23 bits per heavy atom. The summed E-state index contributed by atoms with van der Waals surface area (Å²) in [4.78, 5) is 20.8. The number of nitrogens with one attached hydrogen (secondary N) is 1. The van der Waals surface area contributed by atoms with Crippen molar-refractivity contribution in [1.82, 2.24) is 4.72 Å². The van der Waals surface area contributed by atoms with E-state index in [2.05, 4.69) is 4.72 Å². The smallest absolute Gasteiger partial charge is 0.328 e. The van der Waals surface area contributed by atoms with E-state index in [1.54, 1.807) is 18.2 Å². The van der Waals surface area contributed by atoms with Gasteiger partial charge >= 0.3 is 5.97 Å². The summed E-state index contributed by atoms with van der Waals surface area (Å²) in [5.74, 6) is -1.13. The second kappa shape index (κ2) is 7.76. The van der Waals surface area contributed by atoms with E-state index in [9.17, 15) is 28.4 Å². The number of aliphatic hydroxyl groups is 1. The van der Waals surface area contributed by atoms with E-state index < -0.39 is 45.1 Å². The number of carboxylic acid groups (broad SMARTS) is 1. The normalized spacial score (nSPS) is 24.5. The van der Waals surface area contributed by atoms with E-state index in [-0.39, 0.29) is 17.0 Å². The minimum Gasteiger partial charge on any atom is -0.489 e. The van der Waals surface area contributed by atoms with Gasteiger partial charge in [0.25, 0.3) is 5.69 Å². The molecule has 0 radical (unpaired) electrons. The van der Waals surface area contributed by atoms with Crippen LogP contribution in [0.15, 0.2) is 53.4 Å². The van der Waals surface area contributed by atoms with E-state index in [0.29, 0.717) is 16.9 Å². The van der Waals surface area contributed by atoms with Gasteiger partial charge in [-0.05, 0) is 18.2 Å². The first-order valence-electron chi connectivity index (χ1n) is 9.33. The third kappa shape index (κ3) is 3.90. The van der Waals surface area contributed by atoms with Crippen LogP contribution in [0.1, 0.15) is 23.5 Å². The van der Waals surface area contributed by atoms with Gasteiger partial charge in [0.1, 0.15) is 11.9 Å². The van der Waals surface area contributed by atoms with Crippen molar-refractivity contribution in [2.45, 2.75) is 35.5 Å². The molecule has 2 aromatic carbocycles. The molecule has 1 heterocycles. The molecule has 1 saturated carbocycles. The largest absolute Gasteiger partial charge is 0.489 e. The Hall–Kier alpha value is -3.28. The average molecular weight is 446 g/mol. The van der Waals surface area contributed by atoms with E-state index in [4.69, 9.17) is 9.84 Å². The lowest BCUT2D eigenvalue weighted by Gasteiger charge is -2.22. The van der Waals surface area contributed by atoms with Gasteiger partial charge in [-0.1, -0.05) is 18.2 Å². The molecule has 1 aliphatic carbocycles. The quantitative estimate of drug-likeness (QED) is 0.343. The van der Waals surface area contributed by atoms with Gasteiger partial charge in [0, 0.05) is 41.7 Å². The summed E-state index contributed by atoms with van der Waals surface area (Å²) in [6.45, 7) is 0. The van der Waals surface area contributed by atoms with Crippen LogP contribution in [0.3, 0.4) is 0 Å². The molecule has 1 aliphatic heterocycles. The number of non-ortho nitro benzene ring substituents is 1. The number of aliphatic carboxylic acids is 1. The van der Waals surface area contributed by atoms with Crippen molar-refractivity contribution >= 4 is 27.8 Å². The maximum atomic E-state index is 12.9. The van der Waals surface area contributed by atoms with E-state index in [1.165, 1.54) is 6.08 Å². The second-order valence-corrected chi connectivity index (χ2v) is 9.03. The molecule has 4 unspecified atom stereocenters. The van der Waals surface area contributed by atoms with Crippen LogP contribution in [0.25, 0.3) is 6.08 Å². The fourth-order valence-corrected chi connectivity index (χ4v) is 5.37. The minimum absolute atomic E-state index is 0.161. The number of rotatable bonds is 6. The topological polar surface area (TPSA) is 156 Å². The van der Waals surface area contributed by atoms with Crippen LogP contribution in [-0.2, 0) is 14.8 Å². The molecular weight excluding hydrogens is 428 g/mol. The van der Waals surface area contributed by atoms with Crippen molar-refractivity contribution in [2.75, 3.05) is 0 Å². The van der Waals surface area contributed by atoms with Gasteiger partial charge in [0.15, 0.2) is 0 Å². The third-order valence-corrected chi connectivity index (χ3v) is 6.91. The molecule has 3 N–H and O–H groups in total. The summed E-state index contributed by atoms with van der Waals surface area (Å²) in [5.41, 5.74) is 0.978. The van der Waals surface area contributed by atoms with E-state index in [0.717, 1.165) is 30.3 Å². The SMILES string of the molecule is O=C(O)C=Cc1cccc2c1OC1CC(O)C(NS(=O)(=O)c3ccc([N+](=O)[O-])cc3)C21. The van der Waals surface area contributed by atoms with Crippen LogP contribution >= 0.6 is 0 Å². The zero-order chi connectivity index (χ0) is 22.3. The van der Waals surface area contributed by atoms with Crippen molar-refractivity contribution in [3.05, 3.63) is 69.8 Å². The Balaban J connectivity index is 1.63. The van der Waals surface area contributed by atoms with Gasteiger partial charge in [-0.25, -0.2) is 17.9 Å². The van der Waals surface area contributed by atoms with Crippen molar-refractivity contribution < 1.29 is 33.1 Å². The first-order chi connectivity index (χ1) is 14.7. The number of nitro groups is 1. The van der Waals surface area contributed by atoms with Crippen LogP contribution in [0.2, 0.25) is 0 Å². The number of para-hydroxylation sites is 1. The first-order valence-corrected chi connectivity index (χ1v) is 10.8. The Morgan fingerprint density at radius 2 is 1.94 bits per heavy atom. The van der Waals surface area contributed by atoms with E-state index >= 15 is 0 Å². The Morgan fingerprint density at radius 3 is 2.58 bits per heavy atom. The number of ether oxygens (including phenoxy) is 1. The highest BCUT2D eigenvalue weighted by atomic mass is 32.2. The Kier molecular flexibility index (Phi) is 5.25. The van der Waals surface area contributed by atoms with Crippen LogP contribution < -0.4 is 9.46 Å². The van der Waals surface area contributed by atoms with Crippen LogP contribution in [0, 0.1) is 10.1 Å². The Labute approximate surface area is 177 Å². The zero-order valence-corrected chi connectivity index (χ0v) is 16.7. The lowest BCUT2D eigenvalue weighted by molar-refractivity contribution is -0.384. The van der Waals surface area contributed by atoms with Crippen molar-refractivity contribution in [1.29, 1.82) is 0 Å². The Bertz CT molecular complexity index is 1180. The number of hydrogen-bond acceptors (Lipinski definition) is 7. The third-order valence-electron chi connectivity index (χ3n) is 5.43. The summed E-state index contributed by atoms with van der Waals surface area (Å²) in [6, 6.07) is 8.72. The van der Waals surface area contributed by atoms with Gasteiger partial charge in [-0.3, -0.25) is 10.1 Å². The molecule has 2 aliphatic rings. The van der Waals surface area contributed by atoms with Gasteiger partial charge in [0.2, 0.25) is 10.0 Å². The molecule has 162 valence electrons. The molecule has 11 heteroatoms. The number of hydrogen-bond donors (Lipinski definition) is 3. The van der Waals surface area contributed by atoms with Crippen LogP contribution in [0.5, 0.6) is 5.75 Å². The fraction of sp³-hybridized carbons (Fsp3) is 0.250. The van der Waals surface area contributed by atoms with Gasteiger partial charge in [-0.2, -0.15) is 0 Å². The zero-order valence-electron chi connectivity index (χ0n) is 15.9. The maximum Gasteiger partial charge on any atom is 0.328 e. The molecule has 0 bridgehead atoms.